The predicted molar refractivity (Wildman–Crippen MR) is 75.1 cm³/mol. The molecule has 19 heavy (non-hydrogen) atoms. The molecule has 0 spiro atoms. The third kappa shape index (κ3) is 4.32. The number of ether oxygens (including phenoxy) is 1. The Morgan fingerprint density at radius 1 is 1.53 bits per heavy atom. The molecule has 0 saturated carbocycles. The van der Waals surface area contributed by atoms with Crippen LogP contribution in [0.5, 0.6) is 0 Å². The van der Waals surface area contributed by atoms with Crippen molar-refractivity contribution in [2.45, 2.75) is 70.6 Å². The Balaban J connectivity index is 1.80. The number of nitrogens with zero attached hydrogens (tertiary/aromatic N) is 2. The van der Waals surface area contributed by atoms with Gasteiger partial charge in [-0.25, -0.2) is 0 Å². The first-order chi connectivity index (χ1) is 9.19. The molecule has 0 amide bonds. The van der Waals surface area contributed by atoms with Gasteiger partial charge in [-0.2, -0.15) is 5.10 Å². The molecular formula is C15H26N2O2. The van der Waals surface area contributed by atoms with Crippen molar-refractivity contribution in [1.82, 2.24) is 9.78 Å². The Kier molecular flexibility index (Phi) is 5.40. The van der Waals surface area contributed by atoms with E-state index in [1.165, 1.54) is 6.42 Å². The first-order valence-corrected chi connectivity index (χ1v) is 7.52. The van der Waals surface area contributed by atoms with Crippen LogP contribution in [0.2, 0.25) is 0 Å². The lowest BCUT2D eigenvalue weighted by Crippen LogP contribution is -2.25. The van der Waals surface area contributed by atoms with Crippen molar-refractivity contribution in [3.63, 3.8) is 0 Å². The fraction of sp³-hybridized carbons (Fsp3) is 0.800. The number of aromatic nitrogens is 2. The van der Waals surface area contributed by atoms with E-state index in [0.717, 1.165) is 38.0 Å². The van der Waals surface area contributed by atoms with Gasteiger partial charge in [0, 0.05) is 25.3 Å². The fourth-order valence-corrected chi connectivity index (χ4v) is 2.54. The molecule has 3 unspecified atom stereocenters. The lowest BCUT2D eigenvalue weighted by molar-refractivity contribution is -0.0149. The molecule has 3 atom stereocenters. The van der Waals surface area contributed by atoms with Gasteiger partial charge in [0.15, 0.2) is 0 Å². The van der Waals surface area contributed by atoms with Crippen molar-refractivity contribution in [3.05, 3.63) is 18.0 Å². The topological polar surface area (TPSA) is 47.3 Å². The van der Waals surface area contributed by atoms with Crippen LogP contribution >= 0.6 is 0 Å². The maximum absolute atomic E-state index is 10.1. The van der Waals surface area contributed by atoms with Gasteiger partial charge in [-0.05, 0) is 45.1 Å². The highest BCUT2D eigenvalue weighted by Gasteiger charge is 2.19. The van der Waals surface area contributed by atoms with Gasteiger partial charge in [-0.1, -0.05) is 6.92 Å². The molecule has 2 rings (SSSR count). The van der Waals surface area contributed by atoms with Gasteiger partial charge >= 0.3 is 0 Å². The van der Waals surface area contributed by atoms with Crippen molar-refractivity contribution in [2.75, 3.05) is 6.61 Å². The summed E-state index contributed by atoms with van der Waals surface area (Å²) in [5.74, 6) is 0. The molecule has 4 heteroatoms. The van der Waals surface area contributed by atoms with Gasteiger partial charge in [0.25, 0.3) is 0 Å². The number of aliphatic hydroxyl groups is 1. The van der Waals surface area contributed by atoms with E-state index >= 15 is 0 Å². The van der Waals surface area contributed by atoms with Crippen molar-refractivity contribution < 1.29 is 9.84 Å². The average molecular weight is 266 g/mol. The average Bonchev–Trinajstić information content (AvgIpc) is 2.87. The van der Waals surface area contributed by atoms with E-state index in [0.29, 0.717) is 12.5 Å². The summed E-state index contributed by atoms with van der Waals surface area (Å²) in [6.07, 6.45) is 7.79. The van der Waals surface area contributed by atoms with Crippen LogP contribution in [0, 0.1) is 0 Å². The summed E-state index contributed by atoms with van der Waals surface area (Å²) >= 11 is 0. The van der Waals surface area contributed by atoms with E-state index in [1.54, 1.807) is 0 Å². The highest BCUT2D eigenvalue weighted by atomic mass is 16.5. The number of aliphatic hydroxyl groups excluding tert-OH is 1. The van der Waals surface area contributed by atoms with Gasteiger partial charge in [0.05, 0.1) is 17.9 Å². The summed E-state index contributed by atoms with van der Waals surface area (Å²) < 4.78 is 7.65. The van der Waals surface area contributed by atoms with Crippen LogP contribution in [0.25, 0.3) is 0 Å². The lowest BCUT2D eigenvalue weighted by Gasteiger charge is -2.24. The Hall–Kier alpha value is -0.870. The summed E-state index contributed by atoms with van der Waals surface area (Å²) in [5.41, 5.74) is 0.976. The maximum Gasteiger partial charge on any atom is 0.0650 e. The molecule has 1 saturated heterocycles. The molecule has 1 aromatic heterocycles. The van der Waals surface area contributed by atoms with Gasteiger partial charge in [0.2, 0.25) is 0 Å². The summed E-state index contributed by atoms with van der Waals surface area (Å²) in [4.78, 5) is 0. The molecule has 2 heterocycles. The van der Waals surface area contributed by atoms with Gasteiger partial charge < -0.3 is 9.84 Å². The van der Waals surface area contributed by atoms with Crippen LogP contribution in [0.15, 0.2) is 12.3 Å². The second kappa shape index (κ2) is 7.06. The van der Waals surface area contributed by atoms with E-state index in [4.69, 9.17) is 4.74 Å². The van der Waals surface area contributed by atoms with Crippen molar-refractivity contribution in [1.29, 1.82) is 0 Å². The van der Waals surface area contributed by atoms with Crippen LogP contribution < -0.4 is 0 Å². The minimum absolute atomic E-state index is 0.236. The minimum Gasteiger partial charge on any atom is -0.393 e. The number of hydrogen-bond acceptors (Lipinski definition) is 3. The minimum atomic E-state index is -0.344. The van der Waals surface area contributed by atoms with Gasteiger partial charge in [0.1, 0.15) is 0 Å². The van der Waals surface area contributed by atoms with Crippen LogP contribution in [0.4, 0.5) is 0 Å². The summed E-state index contributed by atoms with van der Waals surface area (Å²) in [6, 6.07) is 2.43. The number of rotatable bonds is 6. The molecule has 1 aromatic rings. The normalized spacial score (nSPS) is 23.2. The van der Waals surface area contributed by atoms with E-state index in [9.17, 15) is 5.11 Å². The van der Waals surface area contributed by atoms with Crippen molar-refractivity contribution >= 4 is 0 Å². The van der Waals surface area contributed by atoms with Gasteiger partial charge in [-0.15, -0.1) is 0 Å². The summed E-state index contributed by atoms with van der Waals surface area (Å²) in [7, 11) is 0. The van der Waals surface area contributed by atoms with Crippen molar-refractivity contribution in [3.8, 4) is 0 Å². The molecule has 0 aliphatic carbocycles. The zero-order chi connectivity index (χ0) is 13.7. The monoisotopic (exact) mass is 266 g/mol. The highest BCUT2D eigenvalue weighted by Crippen LogP contribution is 2.18. The Bertz CT molecular complexity index is 372. The Morgan fingerprint density at radius 2 is 2.37 bits per heavy atom. The van der Waals surface area contributed by atoms with E-state index in [2.05, 4.69) is 18.9 Å². The smallest absolute Gasteiger partial charge is 0.0650 e. The molecular weight excluding hydrogens is 240 g/mol. The molecule has 1 aliphatic rings. The molecule has 0 aromatic carbocycles. The van der Waals surface area contributed by atoms with E-state index in [-0.39, 0.29) is 12.2 Å². The van der Waals surface area contributed by atoms with Crippen LogP contribution in [0.3, 0.4) is 0 Å². The molecule has 108 valence electrons. The number of hydrogen-bond donors (Lipinski definition) is 1. The highest BCUT2D eigenvalue weighted by molar-refractivity contribution is 5.01. The zero-order valence-electron chi connectivity index (χ0n) is 12.1. The maximum atomic E-state index is 10.1. The van der Waals surface area contributed by atoms with Crippen molar-refractivity contribution in [2.24, 2.45) is 0 Å². The molecule has 0 radical (unpaired) electrons. The lowest BCUT2D eigenvalue weighted by atomic mass is 10.0. The van der Waals surface area contributed by atoms with Gasteiger partial charge in [-0.3, -0.25) is 4.68 Å². The Morgan fingerprint density at radius 3 is 3.05 bits per heavy atom. The Labute approximate surface area is 115 Å². The second-order valence-electron chi connectivity index (χ2n) is 5.63. The fourth-order valence-electron chi connectivity index (χ4n) is 2.54. The van der Waals surface area contributed by atoms with Crippen LogP contribution in [-0.2, 0) is 11.2 Å². The molecule has 1 N–H and O–H groups in total. The summed E-state index contributed by atoms with van der Waals surface area (Å²) in [5, 5.41) is 14.7. The van der Waals surface area contributed by atoms with E-state index < -0.39 is 0 Å². The molecule has 1 aliphatic heterocycles. The third-order valence-electron chi connectivity index (χ3n) is 3.96. The van der Waals surface area contributed by atoms with E-state index in [1.807, 2.05) is 16.9 Å². The predicted octanol–water partition coefficient (Wildman–Crippen LogP) is 2.72. The summed E-state index contributed by atoms with van der Waals surface area (Å²) in [6.45, 7) is 5.16. The first-order valence-electron chi connectivity index (χ1n) is 7.52. The SMILES string of the molecule is CCC(C)n1ccc(CC(O)CC2CCCCO2)n1. The standard InChI is InChI=1S/C15H26N2O2/c1-3-12(2)17-8-7-13(16-17)10-14(18)11-15-6-4-5-9-19-15/h7-8,12,14-15,18H,3-6,9-11H2,1-2H3. The third-order valence-corrected chi connectivity index (χ3v) is 3.96. The quantitative estimate of drug-likeness (QED) is 0.861. The first kappa shape index (κ1) is 14.5. The van der Waals surface area contributed by atoms with Crippen LogP contribution in [0.1, 0.15) is 57.7 Å². The zero-order valence-corrected chi connectivity index (χ0v) is 12.1. The molecule has 4 nitrogen and oxygen atoms in total. The molecule has 0 bridgehead atoms. The second-order valence-corrected chi connectivity index (χ2v) is 5.63. The largest absolute Gasteiger partial charge is 0.393 e. The molecule has 1 fully saturated rings. The van der Waals surface area contributed by atoms with Crippen LogP contribution in [-0.4, -0.2) is 33.7 Å².